The van der Waals surface area contributed by atoms with E-state index in [4.69, 9.17) is 23.7 Å². The fourth-order valence-electron chi connectivity index (χ4n) is 14.9. The molecule has 3 heterocycles. The van der Waals surface area contributed by atoms with Crippen LogP contribution in [0.2, 0.25) is 0 Å². The van der Waals surface area contributed by atoms with E-state index in [0.29, 0.717) is 47.1 Å². The number of aliphatic hydroxyl groups excluding tert-OH is 1. The third kappa shape index (κ3) is 5.86. The summed E-state index contributed by atoms with van der Waals surface area (Å²) in [5, 5.41) is 23.2. The van der Waals surface area contributed by atoms with E-state index in [1.165, 1.54) is 39.0 Å². The highest BCUT2D eigenvalue weighted by atomic mass is 16.7. The summed E-state index contributed by atoms with van der Waals surface area (Å²) in [6, 6.07) is 1.23. The summed E-state index contributed by atoms with van der Waals surface area (Å²) < 4.78 is 30.4. The van der Waals surface area contributed by atoms with E-state index in [0.717, 1.165) is 65.3 Å². The fourth-order valence-corrected chi connectivity index (χ4v) is 14.9. The van der Waals surface area contributed by atoms with Crippen LogP contribution in [0, 0.1) is 50.7 Å². The number of esters is 1. The second-order valence-corrected chi connectivity index (χ2v) is 21.0. The third-order valence-electron chi connectivity index (χ3n) is 18.0. The van der Waals surface area contributed by atoms with Crippen LogP contribution in [0.3, 0.4) is 0 Å². The Labute approximate surface area is 319 Å². The highest BCUT2D eigenvalue weighted by molar-refractivity contribution is 5.66. The molecule has 5 saturated carbocycles. The van der Waals surface area contributed by atoms with E-state index in [-0.39, 0.29) is 40.7 Å². The number of carbonyl (C=O) groups excluding carboxylic acids is 1. The molecule has 302 valence electrons. The summed E-state index contributed by atoms with van der Waals surface area (Å²) in [5.74, 6) is 1.26. The van der Waals surface area contributed by atoms with Gasteiger partial charge in [-0.15, -0.1) is 0 Å². The zero-order chi connectivity index (χ0) is 37.9. The van der Waals surface area contributed by atoms with Gasteiger partial charge in [0.15, 0.2) is 12.4 Å². The van der Waals surface area contributed by atoms with Gasteiger partial charge in [-0.3, -0.25) is 14.6 Å². The second-order valence-electron chi connectivity index (χ2n) is 21.0. The van der Waals surface area contributed by atoms with Crippen molar-refractivity contribution in [2.45, 2.75) is 162 Å². The first kappa shape index (κ1) is 39.0. The monoisotopic (exact) mass is 745 g/mol. The van der Waals surface area contributed by atoms with Crippen molar-refractivity contribution in [3.8, 4) is 0 Å². The zero-order valence-electron chi connectivity index (χ0n) is 34.4. The van der Waals surface area contributed by atoms with Gasteiger partial charge in [-0.25, -0.2) is 0 Å². The molecule has 0 aromatic rings. The van der Waals surface area contributed by atoms with Crippen LogP contribution in [0.4, 0.5) is 0 Å². The Morgan fingerprint density at radius 2 is 1.66 bits per heavy atom. The molecule has 5 aliphatic carbocycles. The summed E-state index contributed by atoms with van der Waals surface area (Å²) in [6.07, 6.45) is 8.36. The van der Waals surface area contributed by atoms with Crippen molar-refractivity contribution in [2.75, 3.05) is 53.1 Å². The van der Waals surface area contributed by atoms with Crippen LogP contribution in [-0.4, -0.2) is 127 Å². The maximum Gasteiger partial charge on any atom is 0.303 e. The Kier molecular flexibility index (Phi) is 9.83. The van der Waals surface area contributed by atoms with Crippen molar-refractivity contribution >= 4 is 5.97 Å². The number of rotatable bonds is 11. The average molecular weight is 745 g/mol. The lowest BCUT2D eigenvalue weighted by Gasteiger charge is -2.64. The Balaban J connectivity index is 0.943. The van der Waals surface area contributed by atoms with Crippen LogP contribution in [0.25, 0.3) is 0 Å². The molecule has 0 aromatic heterocycles. The van der Waals surface area contributed by atoms with Gasteiger partial charge < -0.3 is 33.9 Å². The Morgan fingerprint density at radius 1 is 0.962 bits per heavy atom. The number of likely N-dealkylation sites (tertiary alicyclic amines) is 1. The van der Waals surface area contributed by atoms with Crippen LogP contribution in [0.5, 0.6) is 0 Å². The summed E-state index contributed by atoms with van der Waals surface area (Å²) in [5.41, 5.74) is -0.685. The molecule has 3 aliphatic heterocycles. The van der Waals surface area contributed by atoms with Gasteiger partial charge in [0, 0.05) is 51.7 Å². The maximum absolute atomic E-state index is 12.3. The molecule has 2 N–H and O–H groups in total. The first-order valence-electron chi connectivity index (χ1n) is 21.3. The van der Waals surface area contributed by atoms with Crippen molar-refractivity contribution < 1.29 is 38.7 Å². The smallest absolute Gasteiger partial charge is 0.303 e. The van der Waals surface area contributed by atoms with E-state index in [1.54, 1.807) is 21.0 Å². The molecular weight excluding hydrogens is 672 g/mol. The van der Waals surface area contributed by atoms with Gasteiger partial charge in [0.25, 0.3) is 0 Å². The molecule has 8 aliphatic rings. The van der Waals surface area contributed by atoms with Crippen molar-refractivity contribution in [1.82, 2.24) is 9.80 Å². The van der Waals surface area contributed by atoms with E-state index < -0.39 is 23.8 Å². The van der Waals surface area contributed by atoms with Gasteiger partial charge in [0.2, 0.25) is 0 Å². The first-order valence-corrected chi connectivity index (χ1v) is 21.3. The van der Waals surface area contributed by atoms with Crippen molar-refractivity contribution in [2.24, 2.45) is 50.7 Å². The molecule has 0 amide bonds. The highest BCUT2D eigenvalue weighted by Crippen LogP contribution is 2.89. The Hall–Kier alpha value is -0.850. The fraction of sp³-hybridized carbons (Fsp3) is 0.977. The standard InChI is InChI=1S/C43H72N2O8/c1-26(18-31(49-9)37(39(5,6)48)52-27(2)46)30-19-34(47)41(8)33-11-10-32-38(3,4)35(12-13-42(32)25-43(33,42)15-14-40(30,41)7)53-36-22-44(16-17-51-36)28-20-45(21-28)29-23-50-24-29/h26,28-37,47-48H,10-25H2,1-9H3/t26-,30-,31?,32+,33?,34+,35+,36+,37+,40-,41-,42-,43+/m1/s1. The minimum absolute atomic E-state index is 0.00846. The van der Waals surface area contributed by atoms with Crippen LogP contribution in [0.1, 0.15) is 113 Å². The number of ether oxygens (including phenoxy) is 5. The quantitative estimate of drug-likeness (QED) is 0.272. The van der Waals surface area contributed by atoms with Crippen molar-refractivity contribution in [1.29, 1.82) is 0 Å². The third-order valence-corrected chi connectivity index (χ3v) is 18.0. The maximum atomic E-state index is 12.3. The predicted molar refractivity (Wildman–Crippen MR) is 201 cm³/mol. The molecule has 0 aromatic carbocycles. The number of hydrogen-bond acceptors (Lipinski definition) is 10. The zero-order valence-corrected chi connectivity index (χ0v) is 34.4. The number of methoxy groups -OCH3 is 1. The second kappa shape index (κ2) is 13.4. The van der Waals surface area contributed by atoms with Crippen LogP contribution >= 0.6 is 0 Å². The minimum Gasteiger partial charge on any atom is -0.457 e. The van der Waals surface area contributed by atoms with Crippen LogP contribution in [0.15, 0.2) is 0 Å². The number of morpholine rings is 1. The molecule has 0 bridgehead atoms. The number of aliphatic hydroxyl groups is 2. The topological polar surface area (TPSA) is 110 Å². The van der Waals surface area contributed by atoms with Crippen LogP contribution < -0.4 is 0 Å². The molecule has 10 heteroatoms. The van der Waals surface area contributed by atoms with Gasteiger partial charge in [0.05, 0.1) is 49.8 Å². The van der Waals surface area contributed by atoms with Crippen LogP contribution in [-0.2, 0) is 28.5 Å². The number of fused-ring (bicyclic) bond motifs is 2. The van der Waals surface area contributed by atoms with Gasteiger partial charge >= 0.3 is 5.97 Å². The van der Waals surface area contributed by atoms with E-state index in [1.807, 2.05) is 0 Å². The molecule has 2 spiro atoms. The largest absolute Gasteiger partial charge is 0.457 e. The summed E-state index contributed by atoms with van der Waals surface area (Å²) in [7, 11) is 1.65. The number of carbonyl (C=O) groups is 1. The van der Waals surface area contributed by atoms with E-state index in [2.05, 4.69) is 44.4 Å². The number of nitrogens with zero attached hydrogens (tertiary/aromatic N) is 2. The van der Waals surface area contributed by atoms with Gasteiger partial charge in [-0.05, 0) is 117 Å². The molecule has 8 fully saturated rings. The lowest BCUT2D eigenvalue weighted by molar-refractivity contribution is -0.254. The lowest BCUT2D eigenvalue weighted by atomic mass is 9.41. The lowest BCUT2D eigenvalue weighted by Crippen LogP contribution is -2.68. The minimum atomic E-state index is -1.23. The molecule has 13 atom stereocenters. The van der Waals surface area contributed by atoms with E-state index >= 15 is 0 Å². The normalized spacial score (nSPS) is 46.1. The van der Waals surface area contributed by atoms with Crippen molar-refractivity contribution in [3.05, 3.63) is 0 Å². The SMILES string of the molecule is COC(C[C@@H](C)[C@H]1C[C@H](O)[C@@]2(C)C3CC[C@H]4C(C)(C)[C@@H](O[C@H]5CN(C6CN(C7COC7)C6)CCO5)CC[C@@]45C[C@@]35CC[C@]12C)[C@H](OC(C)=O)C(C)(C)O. The Bertz CT molecular complexity index is 1380. The molecule has 10 nitrogen and oxygen atoms in total. The molecule has 3 saturated heterocycles. The van der Waals surface area contributed by atoms with Gasteiger partial charge in [0.1, 0.15) is 0 Å². The van der Waals surface area contributed by atoms with Gasteiger partial charge in [-0.1, -0.05) is 34.6 Å². The Morgan fingerprint density at radius 3 is 2.30 bits per heavy atom. The molecule has 0 radical (unpaired) electrons. The molecule has 8 rings (SSSR count). The van der Waals surface area contributed by atoms with Crippen molar-refractivity contribution in [3.63, 3.8) is 0 Å². The van der Waals surface area contributed by atoms with Gasteiger partial charge in [-0.2, -0.15) is 0 Å². The predicted octanol–water partition coefficient (Wildman–Crippen LogP) is 5.27. The van der Waals surface area contributed by atoms with E-state index in [9.17, 15) is 15.0 Å². The molecular formula is C43H72N2O8. The molecule has 2 unspecified atom stereocenters. The molecule has 53 heavy (non-hydrogen) atoms. The number of hydrogen-bond donors (Lipinski definition) is 2. The summed E-state index contributed by atoms with van der Waals surface area (Å²) in [4.78, 5) is 17.2. The summed E-state index contributed by atoms with van der Waals surface area (Å²) in [6.45, 7) is 23.7. The first-order chi connectivity index (χ1) is 24.9. The average Bonchev–Trinajstić information content (AvgIpc) is 3.66. The summed E-state index contributed by atoms with van der Waals surface area (Å²) >= 11 is 0. The highest BCUT2D eigenvalue weighted by Gasteiger charge is 2.83.